The first-order valence-electron chi connectivity index (χ1n) is 7.38. The Bertz CT molecular complexity index is 387. The van der Waals surface area contributed by atoms with Crippen LogP contribution in [0.4, 0.5) is 4.39 Å². The fourth-order valence-corrected chi connectivity index (χ4v) is 3.39. The number of hydrogen-bond donors (Lipinski definition) is 1. The van der Waals surface area contributed by atoms with E-state index in [1.54, 1.807) is 12.1 Å². The van der Waals surface area contributed by atoms with E-state index in [1.807, 2.05) is 0 Å². The average Bonchev–Trinajstić information content (AvgIpc) is 2.60. The quantitative estimate of drug-likeness (QED) is 0.798. The number of hydrogen-bond acceptors (Lipinski definition) is 1. The van der Waals surface area contributed by atoms with Gasteiger partial charge < -0.3 is 5.32 Å². The molecule has 0 aliphatic heterocycles. The molecule has 2 unspecified atom stereocenters. The van der Waals surface area contributed by atoms with Gasteiger partial charge in [-0.1, -0.05) is 43.9 Å². The van der Waals surface area contributed by atoms with Crippen molar-refractivity contribution in [1.82, 2.24) is 5.32 Å². The number of nitrogens with one attached hydrogen (secondary N) is 1. The molecule has 1 fully saturated rings. The van der Waals surface area contributed by atoms with E-state index < -0.39 is 0 Å². The first-order chi connectivity index (χ1) is 9.22. The van der Waals surface area contributed by atoms with Crippen molar-refractivity contribution in [3.05, 3.63) is 34.6 Å². The van der Waals surface area contributed by atoms with Crippen LogP contribution in [0.2, 0.25) is 5.02 Å². The van der Waals surface area contributed by atoms with Crippen LogP contribution in [-0.4, -0.2) is 12.6 Å². The monoisotopic (exact) mass is 283 g/mol. The van der Waals surface area contributed by atoms with Gasteiger partial charge in [-0.05, 0) is 43.9 Å². The molecule has 1 saturated carbocycles. The summed E-state index contributed by atoms with van der Waals surface area (Å²) in [6.45, 7) is 3.12. The van der Waals surface area contributed by atoms with Crippen molar-refractivity contribution in [2.75, 3.05) is 6.54 Å². The van der Waals surface area contributed by atoms with Crippen LogP contribution in [0.3, 0.4) is 0 Å². The fraction of sp³-hybridized carbons (Fsp3) is 0.625. The Kier molecular flexibility index (Phi) is 5.65. The summed E-state index contributed by atoms with van der Waals surface area (Å²) in [5.41, 5.74) is 0.693. The standard InChI is InChI=1S/C16H23ClFN/c1-2-19-16-10-5-3-4-7-12(16)11-13-14(17)8-6-9-15(13)18/h6,8-9,12,16,19H,2-5,7,10-11H2,1H3. The zero-order chi connectivity index (χ0) is 13.7. The van der Waals surface area contributed by atoms with Crippen LogP contribution in [-0.2, 0) is 6.42 Å². The maximum absolute atomic E-state index is 13.9. The number of halogens is 2. The molecule has 1 aromatic carbocycles. The highest BCUT2D eigenvalue weighted by atomic mass is 35.5. The van der Waals surface area contributed by atoms with Gasteiger partial charge in [0.2, 0.25) is 0 Å². The third-order valence-corrected chi connectivity index (χ3v) is 4.51. The van der Waals surface area contributed by atoms with Crippen LogP contribution in [0.1, 0.15) is 44.6 Å². The molecule has 0 spiro atoms. The van der Waals surface area contributed by atoms with Gasteiger partial charge in [-0.3, -0.25) is 0 Å². The SMILES string of the molecule is CCNC1CCCCCC1Cc1c(F)cccc1Cl. The summed E-state index contributed by atoms with van der Waals surface area (Å²) in [7, 11) is 0. The van der Waals surface area contributed by atoms with E-state index >= 15 is 0 Å². The molecule has 2 rings (SSSR count). The highest BCUT2D eigenvalue weighted by Gasteiger charge is 2.24. The maximum atomic E-state index is 13.9. The highest BCUT2D eigenvalue weighted by Crippen LogP contribution is 2.30. The predicted molar refractivity (Wildman–Crippen MR) is 79.2 cm³/mol. The van der Waals surface area contributed by atoms with E-state index in [1.165, 1.54) is 38.2 Å². The molecule has 0 aromatic heterocycles. The zero-order valence-electron chi connectivity index (χ0n) is 11.6. The normalized spacial score (nSPS) is 24.2. The van der Waals surface area contributed by atoms with Crippen LogP contribution in [0.25, 0.3) is 0 Å². The number of benzene rings is 1. The predicted octanol–water partition coefficient (Wildman–Crippen LogP) is 4.58. The molecule has 0 heterocycles. The highest BCUT2D eigenvalue weighted by molar-refractivity contribution is 6.31. The minimum absolute atomic E-state index is 0.160. The Hall–Kier alpha value is -0.600. The lowest BCUT2D eigenvalue weighted by atomic mass is 9.88. The smallest absolute Gasteiger partial charge is 0.127 e. The van der Waals surface area contributed by atoms with Crippen molar-refractivity contribution in [3.8, 4) is 0 Å². The third kappa shape index (κ3) is 3.93. The summed E-state index contributed by atoms with van der Waals surface area (Å²) in [5.74, 6) is 0.337. The van der Waals surface area contributed by atoms with Gasteiger partial charge in [-0.2, -0.15) is 0 Å². The summed E-state index contributed by atoms with van der Waals surface area (Å²) >= 11 is 6.15. The molecule has 0 saturated heterocycles. The Morgan fingerprint density at radius 2 is 2.05 bits per heavy atom. The Balaban J connectivity index is 2.13. The molecule has 0 radical (unpaired) electrons. The third-order valence-electron chi connectivity index (χ3n) is 4.15. The fourth-order valence-electron chi connectivity index (χ4n) is 3.15. The lowest BCUT2D eigenvalue weighted by Gasteiger charge is -2.26. The minimum Gasteiger partial charge on any atom is -0.314 e. The van der Waals surface area contributed by atoms with Crippen molar-refractivity contribution in [2.45, 2.75) is 51.5 Å². The van der Waals surface area contributed by atoms with E-state index in [0.29, 0.717) is 22.5 Å². The van der Waals surface area contributed by atoms with Gasteiger partial charge in [-0.15, -0.1) is 0 Å². The van der Waals surface area contributed by atoms with Crippen molar-refractivity contribution < 1.29 is 4.39 Å². The van der Waals surface area contributed by atoms with Gasteiger partial charge in [0.25, 0.3) is 0 Å². The summed E-state index contributed by atoms with van der Waals surface area (Å²) in [6, 6.07) is 5.48. The summed E-state index contributed by atoms with van der Waals surface area (Å²) in [6.07, 6.45) is 6.94. The van der Waals surface area contributed by atoms with Gasteiger partial charge in [0.1, 0.15) is 5.82 Å². The van der Waals surface area contributed by atoms with Crippen LogP contribution in [0.5, 0.6) is 0 Å². The first-order valence-corrected chi connectivity index (χ1v) is 7.76. The second-order valence-corrected chi connectivity index (χ2v) is 5.87. The largest absolute Gasteiger partial charge is 0.314 e. The molecule has 1 N–H and O–H groups in total. The molecular formula is C16H23ClFN. The zero-order valence-corrected chi connectivity index (χ0v) is 12.3. The molecule has 106 valence electrons. The molecule has 0 bridgehead atoms. The van der Waals surface area contributed by atoms with Crippen LogP contribution >= 0.6 is 11.6 Å². The van der Waals surface area contributed by atoms with E-state index in [2.05, 4.69) is 12.2 Å². The minimum atomic E-state index is -0.160. The van der Waals surface area contributed by atoms with Gasteiger partial charge in [0, 0.05) is 16.6 Å². The molecule has 0 amide bonds. The van der Waals surface area contributed by atoms with Crippen molar-refractivity contribution in [1.29, 1.82) is 0 Å². The molecule has 1 aliphatic carbocycles. The average molecular weight is 284 g/mol. The summed E-state index contributed by atoms with van der Waals surface area (Å²) in [5, 5.41) is 4.14. The molecule has 3 heteroatoms. The van der Waals surface area contributed by atoms with E-state index in [-0.39, 0.29) is 5.82 Å². The van der Waals surface area contributed by atoms with Crippen molar-refractivity contribution in [3.63, 3.8) is 0 Å². The van der Waals surface area contributed by atoms with Crippen molar-refractivity contribution >= 4 is 11.6 Å². The van der Waals surface area contributed by atoms with Crippen LogP contribution in [0, 0.1) is 11.7 Å². The van der Waals surface area contributed by atoms with E-state index in [4.69, 9.17) is 11.6 Å². The van der Waals surface area contributed by atoms with E-state index in [9.17, 15) is 4.39 Å². The second kappa shape index (κ2) is 7.25. The molecule has 2 atom stereocenters. The number of rotatable bonds is 4. The second-order valence-electron chi connectivity index (χ2n) is 5.47. The molecule has 1 aromatic rings. The molecule has 19 heavy (non-hydrogen) atoms. The molecule has 1 nitrogen and oxygen atoms in total. The van der Waals surface area contributed by atoms with Gasteiger partial charge >= 0.3 is 0 Å². The lowest BCUT2D eigenvalue weighted by Crippen LogP contribution is -2.36. The summed E-state index contributed by atoms with van der Waals surface area (Å²) < 4.78 is 13.9. The van der Waals surface area contributed by atoms with Gasteiger partial charge in [-0.25, -0.2) is 4.39 Å². The molecule has 1 aliphatic rings. The Morgan fingerprint density at radius 3 is 2.79 bits per heavy atom. The van der Waals surface area contributed by atoms with Gasteiger partial charge in [0.15, 0.2) is 0 Å². The summed E-state index contributed by atoms with van der Waals surface area (Å²) in [4.78, 5) is 0. The van der Waals surface area contributed by atoms with E-state index in [0.717, 1.165) is 13.0 Å². The van der Waals surface area contributed by atoms with Gasteiger partial charge in [0.05, 0.1) is 0 Å². The first kappa shape index (κ1) is 14.8. The maximum Gasteiger partial charge on any atom is 0.127 e. The van der Waals surface area contributed by atoms with Crippen LogP contribution in [0.15, 0.2) is 18.2 Å². The van der Waals surface area contributed by atoms with Crippen LogP contribution < -0.4 is 5.32 Å². The Labute approximate surface area is 120 Å². The topological polar surface area (TPSA) is 12.0 Å². The Morgan fingerprint density at radius 1 is 1.26 bits per heavy atom. The van der Waals surface area contributed by atoms with Crippen molar-refractivity contribution in [2.24, 2.45) is 5.92 Å². The lowest BCUT2D eigenvalue weighted by molar-refractivity contribution is 0.334. The molecular weight excluding hydrogens is 261 g/mol.